The summed E-state index contributed by atoms with van der Waals surface area (Å²) in [6.07, 6.45) is -4.97. The first kappa shape index (κ1) is 14.9. The quantitative estimate of drug-likeness (QED) is 0.748. The minimum absolute atomic E-state index is 0.365. The Morgan fingerprint density at radius 2 is 2.11 bits per heavy atom. The van der Waals surface area contributed by atoms with E-state index in [4.69, 9.17) is 0 Å². The van der Waals surface area contributed by atoms with E-state index in [0.29, 0.717) is 4.90 Å². The number of hydrogen-bond acceptors (Lipinski definition) is 6. The molecule has 11 heteroatoms. The van der Waals surface area contributed by atoms with Crippen LogP contribution in [-0.4, -0.2) is 63.8 Å². The van der Waals surface area contributed by atoms with Crippen LogP contribution < -0.4 is 0 Å². The van der Waals surface area contributed by atoms with Crippen LogP contribution in [0.1, 0.15) is 17.0 Å². The van der Waals surface area contributed by atoms with Gasteiger partial charge in [-0.3, -0.25) is 9.59 Å². The number of alkyl halides is 3. The third-order valence-corrected chi connectivity index (χ3v) is 2.01. The number of nitrogens with one attached hydrogen (secondary N) is 1. The first-order valence-corrected chi connectivity index (χ1v) is 5.00. The monoisotopic (exact) mass is 281 g/mol. The number of ether oxygens (including phenoxy) is 1. The lowest BCUT2D eigenvalue weighted by atomic mass is 10.3. The second-order valence-electron chi connectivity index (χ2n) is 3.40. The van der Waals surface area contributed by atoms with Gasteiger partial charge in [-0.25, -0.2) is 0 Å². The van der Waals surface area contributed by atoms with E-state index in [9.17, 15) is 22.8 Å². The SMILES string of the molecule is COC(=O)CCN(CC(F)(F)F)C(=O)c1nn[nH]n1. The van der Waals surface area contributed by atoms with E-state index in [0.717, 1.165) is 7.11 Å². The number of methoxy groups -OCH3 is 1. The van der Waals surface area contributed by atoms with Gasteiger partial charge in [0.25, 0.3) is 11.7 Å². The molecular formula is C8H10F3N5O3. The number of esters is 1. The second-order valence-corrected chi connectivity index (χ2v) is 3.40. The van der Waals surface area contributed by atoms with E-state index in [1.807, 2.05) is 5.21 Å². The lowest BCUT2D eigenvalue weighted by Gasteiger charge is -2.21. The molecule has 0 bridgehead atoms. The summed E-state index contributed by atoms with van der Waals surface area (Å²) in [5.74, 6) is -2.31. The van der Waals surface area contributed by atoms with Crippen molar-refractivity contribution in [2.75, 3.05) is 20.2 Å². The Bertz CT molecular complexity index is 433. The summed E-state index contributed by atoms with van der Waals surface area (Å²) in [5, 5.41) is 11.6. The Hall–Kier alpha value is -2.20. The first-order valence-electron chi connectivity index (χ1n) is 5.00. The minimum Gasteiger partial charge on any atom is -0.469 e. The molecule has 8 nitrogen and oxygen atoms in total. The zero-order valence-electron chi connectivity index (χ0n) is 9.77. The van der Waals surface area contributed by atoms with Crippen LogP contribution in [0.15, 0.2) is 0 Å². The summed E-state index contributed by atoms with van der Waals surface area (Å²) in [4.78, 5) is 23.0. The Morgan fingerprint density at radius 3 is 2.58 bits per heavy atom. The molecule has 0 atom stereocenters. The van der Waals surface area contributed by atoms with Crippen molar-refractivity contribution in [1.29, 1.82) is 0 Å². The van der Waals surface area contributed by atoms with Crippen LogP contribution in [0.2, 0.25) is 0 Å². The van der Waals surface area contributed by atoms with Crippen molar-refractivity contribution < 1.29 is 27.5 Å². The number of aromatic amines is 1. The number of tetrazole rings is 1. The summed E-state index contributed by atoms with van der Waals surface area (Å²) in [6, 6.07) is 0. The molecule has 0 spiro atoms. The van der Waals surface area contributed by atoms with Crippen molar-refractivity contribution in [2.45, 2.75) is 12.6 Å². The molecule has 1 N–H and O–H groups in total. The number of carbonyl (C=O) groups is 2. The highest BCUT2D eigenvalue weighted by Crippen LogP contribution is 2.17. The average Bonchev–Trinajstić information content (AvgIpc) is 2.85. The molecule has 19 heavy (non-hydrogen) atoms. The van der Waals surface area contributed by atoms with E-state index in [2.05, 4.69) is 20.1 Å². The lowest BCUT2D eigenvalue weighted by molar-refractivity contribution is -0.147. The third-order valence-electron chi connectivity index (χ3n) is 2.01. The fraction of sp³-hybridized carbons (Fsp3) is 0.625. The van der Waals surface area contributed by atoms with Crippen molar-refractivity contribution in [3.8, 4) is 0 Å². The van der Waals surface area contributed by atoms with Gasteiger partial charge in [-0.05, 0) is 5.21 Å². The van der Waals surface area contributed by atoms with E-state index < -0.39 is 37.0 Å². The molecule has 106 valence electrons. The molecule has 0 fully saturated rings. The zero-order chi connectivity index (χ0) is 14.5. The molecule has 1 aromatic rings. The van der Waals surface area contributed by atoms with Gasteiger partial charge in [0.1, 0.15) is 6.54 Å². The van der Waals surface area contributed by atoms with E-state index in [-0.39, 0.29) is 6.42 Å². The number of aromatic nitrogens is 4. The molecule has 1 rings (SSSR count). The molecule has 1 heterocycles. The Labute approximate surface area is 104 Å². The molecule has 1 amide bonds. The van der Waals surface area contributed by atoms with Crippen LogP contribution in [0.5, 0.6) is 0 Å². The Balaban J connectivity index is 2.74. The maximum atomic E-state index is 12.3. The van der Waals surface area contributed by atoms with Gasteiger partial charge in [0.2, 0.25) is 0 Å². The third kappa shape index (κ3) is 4.89. The predicted molar refractivity (Wildman–Crippen MR) is 52.8 cm³/mol. The molecule has 0 aromatic carbocycles. The van der Waals surface area contributed by atoms with Gasteiger partial charge in [0.15, 0.2) is 0 Å². The summed E-state index contributed by atoms with van der Waals surface area (Å²) in [6.45, 7) is -1.98. The smallest absolute Gasteiger partial charge is 0.406 e. The van der Waals surface area contributed by atoms with Crippen LogP contribution in [0, 0.1) is 0 Å². The number of nitrogens with zero attached hydrogens (tertiary/aromatic N) is 4. The second kappa shape index (κ2) is 6.11. The minimum atomic E-state index is -4.60. The van der Waals surface area contributed by atoms with Crippen LogP contribution in [-0.2, 0) is 9.53 Å². The Kier molecular flexibility index (Phi) is 4.78. The maximum Gasteiger partial charge on any atom is 0.406 e. The summed E-state index contributed by atoms with van der Waals surface area (Å²) >= 11 is 0. The molecule has 0 saturated heterocycles. The highest BCUT2D eigenvalue weighted by molar-refractivity contribution is 5.90. The average molecular weight is 281 g/mol. The van der Waals surface area contributed by atoms with Gasteiger partial charge in [-0.15, -0.1) is 10.2 Å². The predicted octanol–water partition coefficient (Wildman–Crippen LogP) is -0.233. The van der Waals surface area contributed by atoms with Crippen molar-refractivity contribution in [3.05, 3.63) is 5.82 Å². The van der Waals surface area contributed by atoms with E-state index >= 15 is 0 Å². The highest BCUT2D eigenvalue weighted by atomic mass is 19.4. The summed E-state index contributed by atoms with van der Waals surface area (Å²) in [5.41, 5.74) is 0. The fourth-order valence-electron chi connectivity index (χ4n) is 1.19. The molecule has 0 aliphatic heterocycles. The van der Waals surface area contributed by atoms with Gasteiger partial charge in [-0.1, -0.05) is 0 Å². The normalized spacial score (nSPS) is 11.2. The van der Waals surface area contributed by atoms with E-state index in [1.54, 1.807) is 0 Å². The number of hydrogen-bond donors (Lipinski definition) is 1. The van der Waals surface area contributed by atoms with Gasteiger partial charge < -0.3 is 9.64 Å². The van der Waals surface area contributed by atoms with Crippen LogP contribution in [0.4, 0.5) is 13.2 Å². The van der Waals surface area contributed by atoms with Gasteiger partial charge in [0.05, 0.1) is 13.5 Å². The van der Waals surface area contributed by atoms with Crippen molar-refractivity contribution in [2.24, 2.45) is 0 Å². The first-order chi connectivity index (χ1) is 8.83. The number of rotatable bonds is 5. The molecule has 1 aromatic heterocycles. The zero-order valence-corrected chi connectivity index (χ0v) is 9.77. The van der Waals surface area contributed by atoms with Gasteiger partial charge in [-0.2, -0.15) is 18.4 Å². The van der Waals surface area contributed by atoms with Crippen LogP contribution in [0.25, 0.3) is 0 Å². The summed E-state index contributed by atoms with van der Waals surface area (Å²) in [7, 11) is 1.09. The van der Waals surface area contributed by atoms with Crippen molar-refractivity contribution in [3.63, 3.8) is 0 Å². The highest BCUT2D eigenvalue weighted by Gasteiger charge is 2.34. The van der Waals surface area contributed by atoms with Crippen LogP contribution in [0.3, 0.4) is 0 Å². The lowest BCUT2D eigenvalue weighted by Crippen LogP contribution is -2.40. The van der Waals surface area contributed by atoms with Gasteiger partial charge >= 0.3 is 12.1 Å². The largest absolute Gasteiger partial charge is 0.469 e. The van der Waals surface area contributed by atoms with Crippen molar-refractivity contribution in [1.82, 2.24) is 25.5 Å². The van der Waals surface area contributed by atoms with Gasteiger partial charge in [0, 0.05) is 6.54 Å². The number of carbonyl (C=O) groups excluding carboxylic acids is 2. The topological polar surface area (TPSA) is 101 Å². The Morgan fingerprint density at radius 1 is 1.42 bits per heavy atom. The maximum absolute atomic E-state index is 12.3. The number of halogens is 3. The number of amides is 1. The molecule has 0 aliphatic rings. The number of H-pyrrole nitrogens is 1. The van der Waals surface area contributed by atoms with Crippen LogP contribution >= 0.6 is 0 Å². The molecule has 0 unspecified atom stereocenters. The van der Waals surface area contributed by atoms with Crippen molar-refractivity contribution >= 4 is 11.9 Å². The standard InChI is InChI=1S/C8H10F3N5O3/c1-19-5(17)2-3-16(4-8(9,10)11)7(18)6-12-14-15-13-6/h2-4H2,1H3,(H,12,13,14,15). The summed E-state index contributed by atoms with van der Waals surface area (Å²) < 4.78 is 41.3. The molecular weight excluding hydrogens is 271 g/mol. The molecule has 0 saturated carbocycles. The van der Waals surface area contributed by atoms with E-state index in [1.165, 1.54) is 0 Å². The molecule has 0 aliphatic carbocycles. The molecule has 0 radical (unpaired) electrons. The fourth-order valence-corrected chi connectivity index (χ4v) is 1.19.